The highest BCUT2D eigenvalue weighted by Gasteiger charge is 2.05. The Morgan fingerprint density at radius 1 is 0.577 bits per heavy atom. The molecule has 2 aromatic heterocycles. The summed E-state index contributed by atoms with van der Waals surface area (Å²) in [6, 6.07) is 13.9. The minimum Gasteiger partial charge on any atom is -0.289 e. The Morgan fingerprint density at radius 3 is 1.27 bits per heavy atom. The fourth-order valence-electron chi connectivity index (χ4n) is 2.28. The van der Waals surface area contributed by atoms with Crippen molar-refractivity contribution in [3.8, 4) is 0 Å². The highest BCUT2D eigenvalue weighted by molar-refractivity contribution is 6.09. The molecule has 0 N–H and O–H groups in total. The highest BCUT2D eigenvalue weighted by atomic mass is 16.1. The summed E-state index contributed by atoms with van der Waals surface area (Å²) in [5, 5.41) is 0. The summed E-state index contributed by atoms with van der Waals surface area (Å²) in [5.41, 5.74) is 2.87. The second kappa shape index (κ2) is 8.44. The van der Waals surface area contributed by atoms with Gasteiger partial charge in [-0.05, 0) is 47.5 Å². The maximum absolute atomic E-state index is 12.2. The van der Waals surface area contributed by atoms with Crippen molar-refractivity contribution in [2.75, 3.05) is 0 Å². The normalized spacial score (nSPS) is 11.1. The Labute approximate surface area is 151 Å². The molecule has 3 aromatic rings. The van der Waals surface area contributed by atoms with Crippen molar-refractivity contribution in [1.29, 1.82) is 0 Å². The smallest absolute Gasteiger partial charge is 0.185 e. The van der Waals surface area contributed by atoms with E-state index in [0.29, 0.717) is 11.1 Å². The molecule has 0 radical (unpaired) electrons. The first kappa shape index (κ1) is 17.2. The fraction of sp³-hybridized carbons (Fsp3) is 0. The van der Waals surface area contributed by atoms with Gasteiger partial charge >= 0.3 is 0 Å². The van der Waals surface area contributed by atoms with Crippen molar-refractivity contribution in [2.45, 2.75) is 0 Å². The summed E-state index contributed by atoms with van der Waals surface area (Å²) in [7, 11) is 0. The molecule has 1 aromatic carbocycles. The monoisotopic (exact) mass is 340 g/mol. The summed E-state index contributed by atoms with van der Waals surface area (Å²) in [6.07, 6.45) is 13.2. The van der Waals surface area contributed by atoms with Crippen molar-refractivity contribution >= 4 is 23.7 Å². The molecule has 0 aliphatic carbocycles. The first-order valence-corrected chi connectivity index (χ1v) is 8.07. The largest absolute Gasteiger partial charge is 0.289 e. The van der Waals surface area contributed by atoms with Crippen LogP contribution in [0.1, 0.15) is 31.8 Å². The molecule has 126 valence electrons. The van der Waals surface area contributed by atoms with E-state index in [1.807, 2.05) is 24.3 Å². The minimum atomic E-state index is -0.117. The summed E-state index contributed by atoms with van der Waals surface area (Å²) in [6.45, 7) is 0. The summed E-state index contributed by atoms with van der Waals surface area (Å²) in [4.78, 5) is 32.3. The Bertz CT molecular complexity index is 864. The van der Waals surface area contributed by atoms with Crippen LogP contribution >= 0.6 is 0 Å². The number of aromatic nitrogens is 2. The van der Waals surface area contributed by atoms with Crippen molar-refractivity contribution in [3.05, 3.63) is 108 Å². The first-order valence-electron chi connectivity index (χ1n) is 8.07. The molecule has 0 unspecified atom stereocenters. The van der Waals surface area contributed by atoms with Crippen LogP contribution in [0, 0.1) is 0 Å². The molecule has 0 fully saturated rings. The molecule has 3 rings (SSSR count). The Hall–Kier alpha value is -3.66. The van der Waals surface area contributed by atoms with Crippen LogP contribution in [0.4, 0.5) is 0 Å². The molecule has 0 aliphatic rings. The van der Waals surface area contributed by atoms with Gasteiger partial charge in [0.2, 0.25) is 0 Å². The maximum Gasteiger partial charge on any atom is 0.185 e. The average Bonchev–Trinajstić information content (AvgIpc) is 2.72. The third-order valence-electron chi connectivity index (χ3n) is 3.72. The van der Waals surface area contributed by atoms with Crippen LogP contribution in [0.3, 0.4) is 0 Å². The number of hydrogen-bond acceptors (Lipinski definition) is 4. The molecule has 0 bridgehead atoms. The first-order chi connectivity index (χ1) is 12.7. The second-order valence-electron chi connectivity index (χ2n) is 5.53. The molecule has 0 atom stereocenters. The van der Waals surface area contributed by atoms with E-state index in [0.717, 1.165) is 11.1 Å². The number of hydrogen-bond donors (Lipinski definition) is 0. The van der Waals surface area contributed by atoms with Crippen LogP contribution in [-0.4, -0.2) is 21.5 Å². The van der Waals surface area contributed by atoms with Gasteiger partial charge in [0.1, 0.15) is 0 Å². The third-order valence-corrected chi connectivity index (χ3v) is 3.72. The van der Waals surface area contributed by atoms with E-state index >= 15 is 0 Å². The van der Waals surface area contributed by atoms with Gasteiger partial charge in [0.25, 0.3) is 0 Å². The molecule has 4 nitrogen and oxygen atoms in total. The molecule has 0 saturated heterocycles. The van der Waals surface area contributed by atoms with Crippen molar-refractivity contribution in [3.63, 3.8) is 0 Å². The third kappa shape index (κ3) is 4.68. The van der Waals surface area contributed by atoms with Gasteiger partial charge < -0.3 is 0 Å². The number of rotatable bonds is 6. The number of nitrogens with zero attached hydrogens (tertiary/aromatic N) is 2. The number of carbonyl (C=O) groups is 2. The van der Waals surface area contributed by atoms with Gasteiger partial charge in [0.15, 0.2) is 11.6 Å². The topological polar surface area (TPSA) is 59.9 Å². The zero-order valence-corrected chi connectivity index (χ0v) is 13.9. The minimum absolute atomic E-state index is 0.117. The number of benzene rings is 1. The van der Waals surface area contributed by atoms with E-state index in [4.69, 9.17) is 0 Å². The molecule has 0 aliphatic heterocycles. The van der Waals surface area contributed by atoms with Crippen LogP contribution in [0.2, 0.25) is 0 Å². The average molecular weight is 340 g/mol. The Morgan fingerprint density at radius 2 is 0.923 bits per heavy atom. The Balaban J connectivity index is 1.66. The quantitative estimate of drug-likeness (QED) is 0.497. The van der Waals surface area contributed by atoms with Crippen molar-refractivity contribution in [2.24, 2.45) is 0 Å². The van der Waals surface area contributed by atoms with Gasteiger partial charge in [0, 0.05) is 35.9 Å². The van der Waals surface area contributed by atoms with E-state index in [9.17, 15) is 9.59 Å². The van der Waals surface area contributed by atoms with Crippen LogP contribution < -0.4 is 0 Å². The van der Waals surface area contributed by atoms with Crippen molar-refractivity contribution in [1.82, 2.24) is 9.97 Å². The summed E-state index contributed by atoms with van der Waals surface area (Å²) in [5.74, 6) is -0.235. The lowest BCUT2D eigenvalue weighted by atomic mass is 10.0. The molecule has 0 amide bonds. The predicted octanol–water partition coefficient (Wildman–Crippen LogP) is 4.27. The molecule has 0 spiro atoms. The fourth-order valence-corrected chi connectivity index (χ4v) is 2.28. The van der Waals surface area contributed by atoms with Gasteiger partial charge in [-0.2, -0.15) is 0 Å². The number of pyridine rings is 2. The van der Waals surface area contributed by atoms with E-state index in [1.54, 1.807) is 61.2 Å². The van der Waals surface area contributed by atoms with Crippen LogP contribution in [0.25, 0.3) is 12.2 Å². The SMILES string of the molecule is O=C(C=Cc1ccncc1)c1ccc(C(=O)C=Cc2ccncc2)cc1. The molecule has 2 heterocycles. The van der Waals surface area contributed by atoms with Gasteiger partial charge in [-0.3, -0.25) is 19.6 Å². The lowest BCUT2D eigenvalue weighted by molar-refractivity contribution is 0.103. The van der Waals surface area contributed by atoms with E-state index in [1.165, 1.54) is 12.2 Å². The van der Waals surface area contributed by atoms with Crippen LogP contribution in [0.5, 0.6) is 0 Å². The van der Waals surface area contributed by atoms with Gasteiger partial charge in [-0.1, -0.05) is 36.4 Å². The molecule has 26 heavy (non-hydrogen) atoms. The highest BCUT2D eigenvalue weighted by Crippen LogP contribution is 2.10. The van der Waals surface area contributed by atoms with E-state index < -0.39 is 0 Å². The number of carbonyl (C=O) groups excluding carboxylic acids is 2. The number of ketones is 2. The van der Waals surface area contributed by atoms with Gasteiger partial charge in [0.05, 0.1) is 0 Å². The standard InChI is InChI=1S/C22H16N2O2/c25-21(7-1-17-9-13-23-14-10-17)19-3-5-20(6-4-19)22(26)8-2-18-11-15-24-16-12-18/h1-16H. The second-order valence-corrected chi connectivity index (χ2v) is 5.53. The van der Waals surface area contributed by atoms with Gasteiger partial charge in [-0.25, -0.2) is 0 Å². The Kier molecular flexibility index (Phi) is 5.58. The molecular formula is C22H16N2O2. The lowest BCUT2D eigenvalue weighted by Crippen LogP contribution is -1.98. The maximum atomic E-state index is 12.2. The van der Waals surface area contributed by atoms with Crippen molar-refractivity contribution < 1.29 is 9.59 Å². The molecule has 4 heteroatoms. The van der Waals surface area contributed by atoms with Crippen LogP contribution in [-0.2, 0) is 0 Å². The summed E-state index contributed by atoms with van der Waals surface area (Å²) < 4.78 is 0. The van der Waals surface area contributed by atoms with Crippen LogP contribution in [0.15, 0.2) is 85.5 Å². The molecular weight excluding hydrogens is 324 g/mol. The van der Waals surface area contributed by atoms with Gasteiger partial charge in [-0.15, -0.1) is 0 Å². The predicted molar refractivity (Wildman–Crippen MR) is 102 cm³/mol. The molecule has 0 saturated carbocycles. The zero-order chi connectivity index (χ0) is 18.2. The summed E-state index contributed by atoms with van der Waals surface area (Å²) >= 11 is 0. The zero-order valence-electron chi connectivity index (χ0n) is 13.9. The van der Waals surface area contributed by atoms with E-state index in [2.05, 4.69) is 9.97 Å². The number of allylic oxidation sites excluding steroid dienone is 2. The van der Waals surface area contributed by atoms with E-state index in [-0.39, 0.29) is 11.6 Å². The lowest BCUT2D eigenvalue weighted by Gasteiger charge is -1.99.